The standard InChI is InChI=1S/C14H20ClNO2/c1-12-3-4-13(15)14(11-12)18-8-2-5-16-6-9-17-10-7-16/h3-4,11H,2,5-10H2,1H3/p+1. The molecule has 1 heterocycles. The first kappa shape index (κ1) is 13.7. The SMILES string of the molecule is Cc1ccc(Cl)c(OCCC[NH+]2CCOCC2)c1. The second kappa shape index (κ2) is 6.98. The van der Waals surface area contributed by atoms with Crippen LogP contribution in [-0.4, -0.2) is 39.5 Å². The summed E-state index contributed by atoms with van der Waals surface area (Å²) in [7, 11) is 0. The van der Waals surface area contributed by atoms with Gasteiger partial charge in [-0.25, -0.2) is 0 Å². The number of hydrogen-bond acceptors (Lipinski definition) is 2. The zero-order valence-corrected chi connectivity index (χ0v) is 11.6. The highest BCUT2D eigenvalue weighted by Crippen LogP contribution is 2.25. The molecule has 0 radical (unpaired) electrons. The molecule has 100 valence electrons. The summed E-state index contributed by atoms with van der Waals surface area (Å²) in [6.45, 7) is 7.93. The molecule has 0 spiro atoms. The van der Waals surface area contributed by atoms with Crippen LogP contribution < -0.4 is 9.64 Å². The van der Waals surface area contributed by atoms with Crippen molar-refractivity contribution in [1.29, 1.82) is 0 Å². The highest BCUT2D eigenvalue weighted by atomic mass is 35.5. The number of ether oxygens (including phenoxy) is 2. The summed E-state index contributed by atoms with van der Waals surface area (Å²) >= 11 is 6.08. The van der Waals surface area contributed by atoms with Crippen LogP contribution in [0.4, 0.5) is 0 Å². The summed E-state index contributed by atoms with van der Waals surface area (Å²) in [5, 5.41) is 0.694. The van der Waals surface area contributed by atoms with E-state index < -0.39 is 0 Å². The Morgan fingerprint density at radius 3 is 2.89 bits per heavy atom. The monoisotopic (exact) mass is 270 g/mol. The van der Waals surface area contributed by atoms with Crippen molar-refractivity contribution in [1.82, 2.24) is 0 Å². The minimum Gasteiger partial charge on any atom is -0.492 e. The molecule has 0 unspecified atom stereocenters. The van der Waals surface area contributed by atoms with Gasteiger partial charge in [-0.3, -0.25) is 0 Å². The van der Waals surface area contributed by atoms with E-state index in [4.69, 9.17) is 21.1 Å². The number of benzene rings is 1. The lowest BCUT2D eigenvalue weighted by Crippen LogP contribution is -3.14. The molecule has 1 saturated heterocycles. The van der Waals surface area contributed by atoms with E-state index in [2.05, 4.69) is 0 Å². The Kier molecular flexibility index (Phi) is 5.29. The molecule has 1 fully saturated rings. The van der Waals surface area contributed by atoms with Crippen molar-refractivity contribution in [2.75, 3.05) is 39.5 Å². The number of halogens is 1. The third-order valence-electron chi connectivity index (χ3n) is 3.22. The van der Waals surface area contributed by atoms with Gasteiger partial charge >= 0.3 is 0 Å². The molecular formula is C14H21ClNO2+. The van der Waals surface area contributed by atoms with Gasteiger partial charge in [0.2, 0.25) is 0 Å². The van der Waals surface area contributed by atoms with Crippen LogP contribution in [0.1, 0.15) is 12.0 Å². The molecule has 1 N–H and O–H groups in total. The van der Waals surface area contributed by atoms with Crippen molar-refractivity contribution in [3.8, 4) is 5.75 Å². The Hall–Kier alpha value is -0.770. The summed E-state index contributed by atoms with van der Waals surface area (Å²) in [6, 6.07) is 5.87. The van der Waals surface area contributed by atoms with Gasteiger partial charge in [-0.05, 0) is 24.6 Å². The van der Waals surface area contributed by atoms with E-state index in [0.717, 1.165) is 51.6 Å². The Balaban J connectivity index is 1.69. The minimum atomic E-state index is 0.694. The van der Waals surface area contributed by atoms with Gasteiger partial charge < -0.3 is 14.4 Å². The molecule has 18 heavy (non-hydrogen) atoms. The Morgan fingerprint density at radius 1 is 1.33 bits per heavy atom. The van der Waals surface area contributed by atoms with Gasteiger partial charge in [-0.2, -0.15) is 0 Å². The van der Waals surface area contributed by atoms with Gasteiger partial charge in [0.15, 0.2) is 0 Å². The molecule has 0 aromatic heterocycles. The van der Waals surface area contributed by atoms with Crippen molar-refractivity contribution in [2.24, 2.45) is 0 Å². The summed E-state index contributed by atoms with van der Waals surface area (Å²) in [4.78, 5) is 1.61. The zero-order chi connectivity index (χ0) is 12.8. The third kappa shape index (κ3) is 4.16. The van der Waals surface area contributed by atoms with Crippen molar-refractivity contribution >= 4 is 11.6 Å². The zero-order valence-electron chi connectivity index (χ0n) is 10.9. The van der Waals surface area contributed by atoms with Gasteiger partial charge in [0.25, 0.3) is 0 Å². The highest BCUT2D eigenvalue weighted by molar-refractivity contribution is 6.32. The molecule has 0 atom stereocenters. The maximum absolute atomic E-state index is 6.08. The molecular weight excluding hydrogens is 250 g/mol. The molecule has 0 aliphatic carbocycles. The summed E-state index contributed by atoms with van der Waals surface area (Å²) in [5.41, 5.74) is 1.17. The molecule has 1 aliphatic heterocycles. The number of quaternary nitrogens is 1. The maximum atomic E-state index is 6.08. The summed E-state index contributed by atoms with van der Waals surface area (Å²) < 4.78 is 11.1. The van der Waals surface area contributed by atoms with E-state index >= 15 is 0 Å². The van der Waals surface area contributed by atoms with Crippen molar-refractivity contribution in [2.45, 2.75) is 13.3 Å². The molecule has 1 aromatic carbocycles. The number of nitrogens with one attached hydrogen (secondary N) is 1. The first-order valence-electron chi connectivity index (χ1n) is 6.56. The third-order valence-corrected chi connectivity index (χ3v) is 3.53. The van der Waals surface area contributed by atoms with Crippen LogP contribution >= 0.6 is 11.6 Å². The minimum absolute atomic E-state index is 0.694. The molecule has 2 rings (SSSR count). The number of morpholine rings is 1. The van der Waals surface area contributed by atoms with Crippen LogP contribution in [0.3, 0.4) is 0 Å². The van der Waals surface area contributed by atoms with Gasteiger partial charge in [0.1, 0.15) is 18.8 Å². The average molecular weight is 271 g/mol. The predicted octanol–water partition coefficient (Wildman–Crippen LogP) is 1.33. The largest absolute Gasteiger partial charge is 0.492 e. The first-order valence-corrected chi connectivity index (χ1v) is 6.94. The maximum Gasteiger partial charge on any atom is 0.138 e. The quantitative estimate of drug-likeness (QED) is 0.816. The summed E-state index contributed by atoms with van der Waals surface area (Å²) in [5.74, 6) is 0.800. The Morgan fingerprint density at radius 2 is 2.11 bits per heavy atom. The first-order chi connectivity index (χ1) is 8.75. The second-order valence-corrected chi connectivity index (χ2v) is 5.16. The van der Waals surface area contributed by atoms with Crippen LogP contribution in [0.2, 0.25) is 5.02 Å². The Bertz CT molecular complexity index is 378. The molecule has 1 aliphatic rings. The normalized spacial score (nSPS) is 16.8. The topological polar surface area (TPSA) is 22.9 Å². The second-order valence-electron chi connectivity index (χ2n) is 4.75. The van der Waals surface area contributed by atoms with Crippen LogP contribution in [0.5, 0.6) is 5.75 Å². The Labute approximate surface area is 114 Å². The fourth-order valence-electron chi connectivity index (χ4n) is 2.14. The number of aryl methyl sites for hydroxylation is 1. The lowest BCUT2D eigenvalue weighted by atomic mass is 10.2. The van der Waals surface area contributed by atoms with E-state index in [1.54, 1.807) is 4.90 Å². The van der Waals surface area contributed by atoms with Crippen LogP contribution in [0.25, 0.3) is 0 Å². The van der Waals surface area contributed by atoms with Crippen molar-refractivity contribution in [3.63, 3.8) is 0 Å². The van der Waals surface area contributed by atoms with Gasteiger partial charge in [-0.1, -0.05) is 17.7 Å². The van der Waals surface area contributed by atoms with Gasteiger partial charge in [-0.15, -0.1) is 0 Å². The molecule has 0 bridgehead atoms. The summed E-state index contributed by atoms with van der Waals surface area (Å²) in [6.07, 6.45) is 1.06. The van der Waals surface area contributed by atoms with E-state index in [1.807, 2.05) is 25.1 Å². The molecule has 0 saturated carbocycles. The lowest BCUT2D eigenvalue weighted by Gasteiger charge is -2.23. The number of rotatable bonds is 5. The van der Waals surface area contributed by atoms with Gasteiger partial charge in [0, 0.05) is 6.42 Å². The predicted molar refractivity (Wildman–Crippen MR) is 72.7 cm³/mol. The van der Waals surface area contributed by atoms with Crippen molar-refractivity contribution < 1.29 is 14.4 Å². The van der Waals surface area contributed by atoms with E-state index in [-0.39, 0.29) is 0 Å². The highest BCUT2D eigenvalue weighted by Gasteiger charge is 2.12. The average Bonchev–Trinajstić information content (AvgIpc) is 2.40. The van der Waals surface area contributed by atoms with Crippen molar-refractivity contribution in [3.05, 3.63) is 28.8 Å². The fraction of sp³-hybridized carbons (Fsp3) is 0.571. The lowest BCUT2D eigenvalue weighted by molar-refractivity contribution is -0.908. The molecule has 4 heteroatoms. The van der Waals surface area contributed by atoms with Crippen LogP contribution in [-0.2, 0) is 4.74 Å². The van der Waals surface area contributed by atoms with Crippen LogP contribution in [0.15, 0.2) is 18.2 Å². The van der Waals surface area contributed by atoms with E-state index in [9.17, 15) is 0 Å². The van der Waals surface area contributed by atoms with Crippen LogP contribution in [0, 0.1) is 6.92 Å². The molecule has 1 aromatic rings. The molecule has 0 amide bonds. The smallest absolute Gasteiger partial charge is 0.138 e. The van der Waals surface area contributed by atoms with E-state index in [1.165, 1.54) is 5.56 Å². The van der Waals surface area contributed by atoms with E-state index in [0.29, 0.717) is 5.02 Å². The fourth-order valence-corrected chi connectivity index (χ4v) is 2.31. The number of hydrogen-bond donors (Lipinski definition) is 1. The van der Waals surface area contributed by atoms with Gasteiger partial charge in [0.05, 0.1) is 31.4 Å². The molecule has 3 nitrogen and oxygen atoms in total.